The maximum atomic E-state index is 12.7. The normalized spacial score (nSPS) is 11.9. The summed E-state index contributed by atoms with van der Waals surface area (Å²) in [6.07, 6.45) is 0. The minimum absolute atomic E-state index is 0.0325. The summed E-state index contributed by atoms with van der Waals surface area (Å²) in [6, 6.07) is 11.7. The Morgan fingerprint density at radius 3 is 2.56 bits per heavy atom. The molecule has 9 heteroatoms. The third kappa shape index (κ3) is 3.98. The van der Waals surface area contributed by atoms with Gasteiger partial charge in [0.25, 0.3) is 5.91 Å². The average molecular weight is 424 g/mol. The van der Waals surface area contributed by atoms with Crippen LogP contribution in [0, 0.1) is 0 Å². The summed E-state index contributed by atoms with van der Waals surface area (Å²) in [5.74, 6) is -0.504. The number of nitrogens with one attached hydrogen (secondary N) is 1. The van der Waals surface area contributed by atoms with Crippen LogP contribution in [0.5, 0.6) is 0 Å². The molecule has 0 atom stereocenters. The van der Waals surface area contributed by atoms with Crippen LogP contribution in [0.25, 0.3) is 10.2 Å². The number of hydrogen-bond acceptors (Lipinski definition) is 5. The van der Waals surface area contributed by atoms with E-state index in [9.17, 15) is 13.2 Å². The Labute approximate surface area is 166 Å². The summed E-state index contributed by atoms with van der Waals surface area (Å²) in [4.78, 5) is 17.0. The molecular formula is C18H18ClN3O3S2. The van der Waals surface area contributed by atoms with Crippen molar-refractivity contribution in [1.82, 2.24) is 9.29 Å². The van der Waals surface area contributed by atoms with Crippen LogP contribution in [0.3, 0.4) is 0 Å². The van der Waals surface area contributed by atoms with Gasteiger partial charge in [-0.2, -0.15) is 4.31 Å². The number of thiazole rings is 1. The van der Waals surface area contributed by atoms with Gasteiger partial charge >= 0.3 is 0 Å². The minimum Gasteiger partial charge on any atom is -0.298 e. The second-order valence-electron chi connectivity index (χ2n) is 5.67. The number of sulfonamides is 1. The van der Waals surface area contributed by atoms with E-state index in [0.29, 0.717) is 18.2 Å². The largest absolute Gasteiger partial charge is 0.298 e. The molecule has 2 aromatic carbocycles. The molecule has 1 amide bonds. The lowest BCUT2D eigenvalue weighted by molar-refractivity contribution is 0.102. The molecule has 6 nitrogen and oxygen atoms in total. The summed E-state index contributed by atoms with van der Waals surface area (Å²) in [6.45, 7) is 4.21. The van der Waals surface area contributed by atoms with Gasteiger partial charge in [0, 0.05) is 13.1 Å². The molecule has 0 radical (unpaired) electrons. The molecule has 0 saturated heterocycles. The predicted octanol–water partition coefficient (Wildman–Crippen LogP) is 4.23. The maximum absolute atomic E-state index is 12.7. The van der Waals surface area contributed by atoms with E-state index >= 15 is 0 Å². The molecule has 142 valence electrons. The van der Waals surface area contributed by atoms with Gasteiger partial charge in [-0.3, -0.25) is 10.1 Å². The highest BCUT2D eigenvalue weighted by Gasteiger charge is 2.24. The van der Waals surface area contributed by atoms with E-state index in [1.54, 1.807) is 13.8 Å². The molecule has 1 heterocycles. The van der Waals surface area contributed by atoms with Crippen molar-refractivity contribution in [1.29, 1.82) is 0 Å². The van der Waals surface area contributed by atoms with Gasteiger partial charge in [0.2, 0.25) is 10.0 Å². The quantitative estimate of drug-likeness (QED) is 0.643. The van der Waals surface area contributed by atoms with Crippen LogP contribution in [0.1, 0.15) is 24.2 Å². The van der Waals surface area contributed by atoms with Crippen molar-refractivity contribution in [2.24, 2.45) is 0 Å². The number of carbonyl (C=O) groups is 1. The zero-order valence-corrected chi connectivity index (χ0v) is 17.2. The number of para-hydroxylation sites is 1. The number of rotatable bonds is 6. The van der Waals surface area contributed by atoms with Crippen LogP contribution in [0.4, 0.5) is 5.13 Å². The van der Waals surface area contributed by atoms with Gasteiger partial charge in [-0.15, -0.1) is 0 Å². The van der Waals surface area contributed by atoms with Crippen molar-refractivity contribution in [2.75, 3.05) is 18.4 Å². The summed E-state index contributed by atoms with van der Waals surface area (Å²) in [5, 5.41) is 3.30. The first-order chi connectivity index (χ1) is 12.9. The van der Waals surface area contributed by atoms with Crippen LogP contribution in [0.15, 0.2) is 47.4 Å². The van der Waals surface area contributed by atoms with Gasteiger partial charge in [-0.25, -0.2) is 13.4 Å². The van der Waals surface area contributed by atoms with Crippen molar-refractivity contribution in [3.8, 4) is 0 Å². The first kappa shape index (κ1) is 19.8. The Bertz CT molecular complexity index is 1060. The summed E-state index contributed by atoms with van der Waals surface area (Å²) < 4.78 is 27.7. The Hall–Kier alpha value is -2.00. The van der Waals surface area contributed by atoms with E-state index in [1.165, 1.54) is 33.8 Å². The molecule has 0 aliphatic heterocycles. The molecule has 1 aromatic heterocycles. The van der Waals surface area contributed by atoms with Gasteiger partial charge in [0.1, 0.15) is 0 Å². The van der Waals surface area contributed by atoms with Crippen molar-refractivity contribution in [3.05, 3.63) is 53.1 Å². The molecule has 0 aliphatic rings. The molecule has 0 spiro atoms. The fourth-order valence-electron chi connectivity index (χ4n) is 2.64. The second kappa shape index (κ2) is 7.93. The number of hydrogen-bond donors (Lipinski definition) is 1. The number of carbonyl (C=O) groups excluding carboxylic acids is 1. The van der Waals surface area contributed by atoms with Gasteiger partial charge in [-0.05, 0) is 30.3 Å². The summed E-state index contributed by atoms with van der Waals surface area (Å²) >= 11 is 7.48. The highest BCUT2D eigenvalue weighted by Crippen LogP contribution is 2.28. The molecule has 3 aromatic rings. The first-order valence-corrected chi connectivity index (χ1v) is 11.0. The molecule has 0 aliphatic carbocycles. The van der Waals surface area contributed by atoms with E-state index in [2.05, 4.69) is 10.3 Å². The Morgan fingerprint density at radius 2 is 1.89 bits per heavy atom. The van der Waals surface area contributed by atoms with Crippen LogP contribution >= 0.6 is 22.9 Å². The zero-order chi connectivity index (χ0) is 19.6. The van der Waals surface area contributed by atoms with Crippen molar-refractivity contribution in [2.45, 2.75) is 18.7 Å². The number of halogens is 1. The van der Waals surface area contributed by atoms with Crippen molar-refractivity contribution in [3.63, 3.8) is 0 Å². The SMILES string of the molecule is CCN(CC)S(=O)(=O)c1ccc(Cl)c(C(=O)Nc2nc3ccccc3s2)c1. The zero-order valence-electron chi connectivity index (χ0n) is 14.8. The van der Waals surface area contributed by atoms with Crippen LogP contribution < -0.4 is 5.32 Å². The van der Waals surface area contributed by atoms with Crippen LogP contribution in [-0.2, 0) is 10.0 Å². The smallest absolute Gasteiger partial charge is 0.259 e. The molecule has 0 saturated carbocycles. The molecule has 0 unspecified atom stereocenters. The van der Waals surface area contributed by atoms with Crippen molar-refractivity contribution < 1.29 is 13.2 Å². The number of aromatic nitrogens is 1. The van der Waals surface area contributed by atoms with E-state index in [-0.39, 0.29) is 15.5 Å². The molecule has 0 bridgehead atoms. The third-order valence-electron chi connectivity index (χ3n) is 4.04. The fourth-order valence-corrected chi connectivity index (χ4v) is 5.19. The lowest BCUT2D eigenvalue weighted by Crippen LogP contribution is -2.30. The van der Waals surface area contributed by atoms with Crippen LogP contribution in [-0.4, -0.2) is 36.7 Å². The topological polar surface area (TPSA) is 79.4 Å². The second-order valence-corrected chi connectivity index (χ2v) is 9.05. The molecular weight excluding hydrogens is 406 g/mol. The van der Waals surface area contributed by atoms with E-state index < -0.39 is 15.9 Å². The lowest BCUT2D eigenvalue weighted by atomic mass is 10.2. The highest BCUT2D eigenvalue weighted by atomic mass is 35.5. The number of benzene rings is 2. The third-order valence-corrected chi connectivity index (χ3v) is 7.37. The van der Waals surface area contributed by atoms with Crippen LogP contribution in [0.2, 0.25) is 5.02 Å². The molecule has 0 fully saturated rings. The monoisotopic (exact) mass is 423 g/mol. The van der Waals surface area contributed by atoms with E-state index in [4.69, 9.17) is 11.6 Å². The average Bonchev–Trinajstić information content (AvgIpc) is 3.04. The van der Waals surface area contributed by atoms with Crippen molar-refractivity contribution >= 4 is 54.2 Å². The Morgan fingerprint density at radius 1 is 1.19 bits per heavy atom. The number of fused-ring (bicyclic) bond motifs is 1. The number of anilines is 1. The first-order valence-electron chi connectivity index (χ1n) is 8.33. The number of amides is 1. The van der Waals surface area contributed by atoms with Gasteiger partial charge in [0.05, 0.1) is 25.7 Å². The van der Waals surface area contributed by atoms with Gasteiger partial charge < -0.3 is 0 Å². The Kier molecular flexibility index (Phi) is 5.81. The standard InChI is InChI=1S/C18H18ClN3O3S2/c1-3-22(4-2)27(24,25)12-9-10-14(19)13(11-12)17(23)21-18-20-15-7-5-6-8-16(15)26-18/h5-11H,3-4H2,1-2H3,(H,20,21,23). The predicted molar refractivity (Wildman–Crippen MR) is 109 cm³/mol. The number of nitrogens with zero attached hydrogens (tertiary/aromatic N) is 2. The Balaban J connectivity index is 1.92. The molecule has 3 rings (SSSR count). The fraction of sp³-hybridized carbons (Fsp3) is 0.222. The minimum atomic E-state index is -3.69. The van der Waals surface area contributed by atoms with Gasteiger partial charge in [0.15, 0.2) is 5.13 Å². The van der Waals surface area contributed by atoms with E-state index in [0.717, 1.165) is 10.2 Å². The highest BCUT2D eigenvalue weighted by molar-refractivity contribution is 7.89. The summed E-state index contributed by atoms with van der Waals surface area (Å²) in [5.41, 5.74) is 0.867. The maximum Gasteiger partial charge on any atom is 0.259 e. The summed E-state index contributed by atoms with van der Waals surface area (Å²) in [7, 11) is -3.69. The lowest BCUT2D eigenvalue weighted by Gasteiger charge is -2.19. The van der Waals surface area contributed by atoms with Gasteiger partial charge in [-0.1, -0.05) is 48.9 Å². The molecule has 1 N–H and O–H groups in total. The molecule has 27 heavy (non-hydrogen) atoms. The van der Waals surface area contributed by atoms with E-state index in [1.807, 2.05) is 24.3 Å².